The summed E-state index contributed by atoms with van der Waals surface area (Å²) in [6, 6.07) is 0. The Morgan fingerprint density at radius 2 is 2.22 bits per heavy atom. The molecule has 52 valence electrons. The second-order valence-electron chi connectivity index (χ2n) is 3.26. The molecule has 1 aliphatic heterocycles. The van der Waals surface area contributed by atoms with E-state index in [-0.39, 0.29) is 0 Å². The van der Waals surface area contributed by atoms with Gasteiger partial charge >= 0.3 is 0 Å². The number of hydrogen-bond acceptors (Lipinski definition) is 2. The second-order valence-corrected chi connectivity index (χ2v) is 3.26. The van der Waals surface area contributed by atoms with Crippen LogP contribution in [0.1, 0.15) is 13.3 Å². The molecule has 1 N–H and O–H groups in total. The maximum absolute atomic E-state index is 9.11. The molecule has 4 unspecified atom stereocenters. The molecule has 0 aromatic rings. The van der Waals surface area contributed by atoms with E-state index in [1.807, 2.05) is 0 Å². The van der Waals surface area contributed by atoms with Crippen molar-refractivity contribution in [3.63, 3.8) is 0 Å². The molecule has 2 fully saturated rings. The molecule has 0 radical (unpaired) electrons. The molecule has 2 nitrogen and oxygen atoms in total. The highest BCUT2D eigenvalue weighted by Gasteiger charge is 2.47. The normalized spacial score (nSPS) is 56.7. The van der Waals surface area contributed by atoms with Crippen LogP contribution in [0.4, 0.5) is 0 Å². The van der Waals surface area contributed by atoms with Gasteiger partial charge in [-0.05, 0) is 18.3 Å². The molecule has 0 bridgehead atoms. The minimum Gasteiger partial charge on any atom is -0.368 e. The van der Waals surface area contributed by atoms with Crippen LogP contribution in [0.3, 0.4) is 0 Å². The molecular formula is C7H12O2. The maximum Gasteiger partial charge on any atom is 0.157 e. The first-order valence-electron chi connectivity index (χ1n) is 3.58. The van der Waals surface area contributed by atoms with Crippen LogP contribution in [-0.4, -0.2) is 18.0 Å². The maximum atomic E-state index is 9.11. The van der Waals surface area contributed by atoms with Crippen molar-refractivity contribution in [2.75, 3.05) is 6.61 Å². The first-order chi connectivity index (χ1) is 4.29. The second kappa shape index (κ2) is 1.70. The van der Waals surface area contributed by atoms with Gasteiger partial charge in [-0.25, -0.2) is 0 Å². The molecule has 0 aromatic heterocycles. The minimum atomic E-state index is -0.439. The van der Waals surface area contributed by atoms with Crippen molar-refractivity contribution in [2.24, 2.45) is 17.8 Å². The van der Waals surface area contributed by atoms with Crippen LogP contribution in [0.2, 0.25) is 0 Å². The standard InChI is InChI=1S/C7H12O2/c1-4-2-5-6(4)3-9-7(5)8/h4-8H,2-3H2,1H3. The fourth-order valence-corrected chi connectivity index (χ4v) is 1.95. The Labute approximate surface area is 54.8 Å². The fraction of sp³-hybridized carbons (Fsp3) is 1.00. The summed E-state index contributed by atoms with van der Waals surface area (Å²) in [4.78, 5) is 0. The van der Waals surface area contributed by atoms with E-state index in [9.17, 15) is 0 Å². The number of hydrogen-bond donors (Lipinski definition) is 1. The SMILES string of the molecule is CC1CC2C(O)OCC12. The van der Waals surface area contributed by atoms with Crippen LogP contribution in [0.25, 0.3) is 0 Å². The molecule has 1 saturated carbocycles. The molecule has 2 rings (SSSR count). The highest BCUT2D eigenvalue weighted by molar-refractivity contribution is 4.91. The third-order valence-corrected chi connectivity index (χ3v) is 2.75. The van der Waals surface area contributed by atoms with Gasteiger partial charge in [0.15, 0.2) is 6.29 Å². The zero-order chi connectivity index (χ0) is 6.43. The van der Waals surface area contributed by atoms with Gasteiger partial charge in [0.25, 0.3) is 0 Å². The molecule has 0 amide bonds. The van der Waals surface area contributed by atoms with E-state index in [1.54, 1.807) is 0 Å². The fourth-order valence-electron chi connectivity index (χ4n) is 1.95. The van der Waals surface area contributed by atoms with Crippen molar-refractivity contribution in [2.45, 2.75) is 19.6 Å². The Bertz CT molecular complexity index is 122. The summed E-state index contributed by atoms with van der Waals surface area (Å²) >= 11 is 0. The summed E-state index contributed by atoms with van der Waals surface area (Å²) in [5.74, 6) is 1.92. The van der Waals surface area contributed by atoms with Crippen LogP contribution in [0.15, 0.2) is 0 Å². The predicted molar refractivity (Wildman–Crippen MR) is 32.7 cm³/mol. The quantitative estimate of drug-likeness (QED) is 0.518. The van der Waals surface area contributed by atoms with Gasteiger partial charge in [0.2, 0.25) is 0 Å². The Morgan fingerprint density at radius 1 is 1.44 bits per heavy atom. The average molecular weight is 128 g/mol. The van der Waals surface area contributed by atoms with Crippen molar-refractivity contribution >= 4 is 0 Å². The molecule has 2 heteroatoms. The predicted octanol–water partition coefficient (Wildman–Crippen LogP) is 0.607. The topological polar surface area (TPSA) is 29.5 Å². The summed E-state index contributed by atoms with van der Waals surface area (Å²) in [5.41, 5.74) is 0. The smallest absolute Gasteiger partial charge is 0.157 e. The van der Waals surface area contributed by atoms with E-state index in [2.05, 4.69) is 6.92 Å². The lowest BCUT2D eigenvalue weighted by Crippen LogP contribution is -2.36. The monoisotopic (exact) mass is 128 g/mol. The number of ether oxygens (including phenoxy) is 1. The summed E-state index contributed by atoms with van der Waals surface area (Å²) in [6.45, 7) is 3.01. The first-order valence-corrected chi connectivity index (χ1v) is 3.58. The van der Waals surface area contributed by atoms with Crippen LogP contribution in [0.5, 0.6) is 0 Å². The van der Waals surface area contributed by atoms with Crippen molar-refractivity contribution in [3.05, 3.63) is 0 Å². The molecule has 0 spiro atoms. The number of fused-ring (bicyclic) bond motifs is 1. The number of aliphatic hydroxyl groups excluding tert-OH is 1. The van der Waals surface area contributed by atoms with Gasteiger partial charge in [-0.3, -0.25) is 0 Å². The third kappa shape index (κ3) is 0.634. The zero-order valence-corrected chi connectivity index (χ0v) is 5.58. The van der Waals surface area contributed by atoms with E-state index in [1.165, 1.54) is 0 Å². The van der Waals surface area contributed by atoms with Crippen LogP contribution in [-0.2, 0) is 4.74 Å². The van der Waals surface area contributed by atoms with Crippen LogP contribution < -0.4 is 0 Å². The van der Waals surface area contributed by atoms with Gasteiger partial charge < -0.3 is 9.84 Å². The summed E-state index contributed by atoms with van der Waals surface area (Å²) in [5, 5.41) is 9.11. The molecule has 4 atom stereocenters. The Kier molecular flexibility index (Phi) is 1.08. The van der Waals surface area contributed by atoms with Crippen LogP contribution >= 0.6 is 0 Å². The molecule has 1 aliphatic carbocycles. The molecule has 0 aromatic carbocycles. The van der Waals surface area contributed by atoms with E-state index < -0.39 is 6.29 Å². The Hall–Kier alpha value is -0.0800. The van der Waals surface area contributed by atoms with E-state index in [0.717, 1.165) is 18.9 Å². The van der Waals surface area contributed by atoms with Gasteiger partial charge in [0.1, 0.15) is 0 Å². The lowest BCUT2D eigenvalue weighted by Gasteiger charge is -2.37. The lowest BCUT2D eigenvalue weighted by molar-refractivity contribution is -0.0923. The Morgan fingerprint density at radius 3 is 2.67 bits per heavy atom. The average Bonchev–Trinajstić information content (AvgIpc) is 2.07. The number of aliphatic hydroxyl groups is 1. The first kappa shape index (κ1) is 5.69. The zero-order valence-electron chi connectivity index (χ0n) is 5.58. The summed E-state index contributed by atoms with van der Waals surface area (Å²) in [6.07, 6.45) is 0.720. The molecule has 1 heterocycles. The third-order valence-electron chi connectivity index (χ3n) is 2.75. The van der Waals surface area contributed by atoms with Crippen molar-refractivity contribution < 1.29 is 9.84 Å². The highest BCUT2D eigenvalue weighted by atomic mass is 16.6. The van der Waals surface area contributed by atoms with Crippen molar-refractivity contribution in [3.8, 4) is 0 Å². The molecule has 2 aliphatic rings. The lowest BCUT2D eigenvalue weighted by atomic mass is 9.67. The van der Waals surface area contributed by atoms with E-state index >= 15 is 0 Å². The van der Waals surface area contributed by atoms with E-state index in [4.69, 9.17) is 9.84 Å². The molecule has 1 saturated heterocycles. The number of rotatable bonds is 0. The largest absolute Gasteiger partial charge is 0.368 e. The minimum absolute atomic E-state index is 0.439. The van der Waals surface area contributed by atoms with E-state index in [0.29, 0.717) is 11.8 Å². The Balaban J connectivity index is 2.03. The van der Waals surface area contributed by atoms with Crippen molar-refractivity contribution in [1.82, 2.24) is 0 Å². The highest BCUT2D eigenvalue weighted by Crippen LogP contribution is 2.46. The van der Waals surface area contributed by atoms with Crippen LogP contribution in [0, 0.1) is 17.8 Å². The van der Waals surface area contributed by atoms with Gasteiger partial charge in [-0.15, -0.1) is 0 Å². The van der Waals surface area contributed by atoms with Gasteiger partial charge in [0, 0.05) is 5.92 Å². The molecule has 9 heavy (non-hydrogen) atoms. The summed E-state index contributed by atoms with van der Waals surface area (Å²) in [7, 11) is 0. The molecular weight excluding hydrogens is 116 g/mol. The van der Waals surface area contributed by atoms with Gasteiger partial charge in [-0.2, -0.15) is 0 Å². The van der Waals surface area contributed by atoms with Gasteiger partial charge in [-0.1, -0.05) is 6.92 Å². The summed E-state index contributed by atoms with van der Waals surface area (Å²) < 4.78 is 5.07. The van der Waals surface area contributed by atoms with Gasteiger partial charge in [0.05, 0.1) is 6.61 Å². The van der Waals surface area contributed by atoms with Crippen molar-refractivity contribution in [1.29, 1.82) is 0 Å².